The summed E-state index contributed by atoms with van der Waals surface area (Å²) in [6.07, 6.45) is 2.31. The summed E-state index contributed by atoms with van der Waals surface area (Å²) < 4.78 is 28.1. The van der Waals surface area contributed by atoms with Gasteiger partial charge in [0.25, 0.3) is 0 Å². The molecule has 1 aliphatic rings. The Bertz CT molecular complexity index is 690. The van der Waals surface area contributed by atoms with Gasteiger partial charge in [0.15, 0.2) is 15.8 Å². The molecule has 0 amide bonds. The first-order chi connectivity index (χ1) is 13.0. The second-order valence-corrected chi connectivity index (χ2v) is 8.96. The molecule has 1 saturated heterocycles. The minimum absolute atomic E-state index is 0. The van der Waals surface area contributed by atoms with Crippen LogP contribution in [0.5, 0.6) is 0 Å². The van der Waals surface area contributed by atoms with Crippen molar-refractivity contribution in [3.63, 3.8) is 0 Å². The zero-order valence-electron chi connectivity index (χ0n) is 16.8. The molecule has 0 aliphatic carbocycles. The number of benzene rings is 1. The van der Waals surface area contributed by atoms with Crippen LogP contribution in [0.3, 0.4) is 0 Å². The highest BCUT2D eigenvalue weighted by Crippen LogP contribution is 2.08. The van der Waals surface area contributed by atoms with E-state index < -0.39 is 9.84 Å². The van der Waals surface area contributed by atoms with E-state index >= 15 is 0 Å². The summed E-state index contributed by atoms with van der Waals surface area (Å²) in [7, 11) is -3.00. The largest absolute Gasteiger partial charge is 0.379 e. The van der Waals surface area contributed by atoms with Gasteiger partial charge in [0.1, 0.15) is 0 Å². The van der Waals surface area contributed by atoms with Crippen molar-refractivity contribution in [1.82, 2.24) is 15.5 Å². The van der Waals surface area contributed by atoms with Gasteiger partial charge < -0.3 is 15.4 Å². The molecule has 28 heavy (non-hydrogen) atoms. The maximum atomic E-state index is 11.4. The Morgan fingerprint density at radius 2 is 1.79 bits per heavy atom. The molecular weight excluding hydrogens is 491 g/mol. The van der Waals surface area contributed by atoms with Crippen LogP contribution in [-0.2, 0) is 26.9 Å². The van der Waals surface area contributed by atoms with Crippen molar-refractivity contribution in [2.24, 2.45) is 4.99 Å². The Labute approximate surface area is 186 Å². The van der Waals surface area contributed by atoms with E-state index in [0.717, 1.165) is 69.4 Å². The molecular formula is C19H33IN4O3S. The van der Waals surface area contributed by atoms with Crippen molar-refractivity contribution in [2.45, 2.75) is 25.6 Å². The second-order valence-electron chi connectivity index (χ2n) is 6.82. The predicted molar refractivity (Wildman–Crippen MR) is 125 cm³/mol. The number of nitrogens with zero attached hydrogens (tertiary/aromatic N) is 2. The van der Waals surface area contributed by atoms with E-state index in [-0.39, 0.29) is 29.7 Å². The van der Waals surface area contributed by atoms with E-state index in [0.29, 0.717) is 6.54 Å². The monoisotopic (exact) mass is 524 g/mol. The van der Waals surface area contributed by atoms with Crippen molar-refractivity contribution in [2.75, 3.05) is 52.2 Å². The van der Waals surface area contributed by atoms with Crippen LogP contribution in [0.1, 0.15) is 24.5 Å². The maximum Gasteiger partial charge on any atom is 0.191 e. The fourth-order valence-electron chi connectivity index (χ4n) is 2.89. The number of ether oxygens (including phenoxy) is 1. The van der Waals surface area contributed by atoms with Crippen LogP contribution in [-0.4, -0.2) is 71.5 Å². The van der Waals surface area contributed by atoms with Gasteiger partial charge in [-0.3, -0.25) is 4.90 Å². The molecule has 0 spiro atoms. The lowest BCUT2D eigenvalue weighted by molar-refractivity contribution is 0.0376. The SMILES string of the molecule is CCNC(=NCc1ccc(CS(C)(=O)=O)cc1)NCCCN1CCOCC1.I. The molecule has 0 aromatic heterocycles. The molecule has 1 aliphatic heterocycles. The summed E-state index contributed by atoms with van der Waals surface area (Å²) in [5.74, 6) is 0.879. The van der Waals surface area contributed by atoms with Crippen molar-refractivity contribution in [1.29, 1.82) is 0 Å². The van der Waals surface area contributed by atoms with Crippen LogP contribution in [0.4, 0.5) is 0 Å². The van der Waals surface area contributed by atoms with Crippen molar-refractivity contribution in [3.8, 4) is 0 Å². The number of hydrogen-bond donors (Lipinski definition) is 2. The lowest BCUT2D eigenvalue weighted by Crippen LogP contribution is -2.40. The topological polar surface area (TPSA) is 83.0 Å². The summed E-state index contributed by atoms with van der Waals surface area (Å²) in [5.41, 5.74) is 1.86. The van der Waals surface area contributed by atoms with E-state index in [4.69, 9.17) is 4.74 Å². The fourth-order valence-corrected chi connectivity index (χ4v) is 3.69. The molecule has 1 aromatic rings. The first-order valence-electron chi connectivity index (χ1n) is 9.54. The van der Waals surface area contributed by atoms with Crippen molar-refractivity contribution < 1.29 is 13.2 Å². The third-order valence-electron chi connectivity index (χ3n) is 4.26. The number of aliphatic imine (C=N–C) groups is 1. The smallest absolute Gasteiger partial charge is 0.191 e. The molecule has 1 heterocycles. The average Bonchev–Trinajstić information content (AvgIpc) is 2.64. The third kappa shape index (κ3) is 10.6. The van der Waals surface area contributed by atoms with Gasteiger partial charge in [-0.15, -0.1) is 24.0 Å². The maximum absolute atomic E-state index is 11.4. The van der Waals surface area contributed by atoms with Gasteiger partial charge in [-0.1, -0.05) is 24.3 Å². The summed E-state index contributed by atoms with van der Waals surface area (Å²) in [5, 5.41) is 6.63. The molecule has 2 N–H and O–H groups in total. The lowest BCUT2D eigenvalue weighted by Gasteiger charge is -2.26. The molecule has 0 unspecified atom stereocenters. The van der Waals surface area contributed by atoms with E-state index in [2.05, 4.69) is 20.5 Å². The molecule has 0 bridgehead atoms. The first kappa shape index (κ1) is 25.1. The number of rotatable bonds is 9. The Morgan fingerprint density at radius 1 is 1.14 bits per heavy atom. The lowest BCUT2D eigenvalue weighted by atomic mass is 10.1. The molecule has 1 aromatic carbocycles. The minimum atomic E-state index is -3.00. The number of nitrogens with one attached hydrogen (secondary N) is 2. The highest BCUT2D eigenvalue weighted by Gasteiger charge is 2.09. The van der Waals surface area contributed by atoms with Gasteiger partial charge in [0.05, 0.1) is 25.5 Å². The standard InChI is InChI=1S/C19H32N4O3S.HI/c1-3-20-19(21-9-4-10-23-11-13-26-14-12-23)22-15-17-5-7-18(8-6-17)16-27(2,24)25;/h5-8H,3-4,9-16H2,1-2H3,(H2,20,21,22);1H. The molecule has 0 radical (unpaired) electrons. The van der Waals surface area contributed by atoms with Crippen LogP contribution in [0.25, 0.3) is 0 Å². The van der Waals surface area contributed by atoms with Gasteiger partial charge in [0.2, 0.25) is 0 Å². The van der Waals surface area contributed by atoms with Gasteiger partial charge in [-0.05, 0) is 31.0 Å². The average molecular weight is 524 g/mol. The van der Waals surface area contributed by atoms with E-state index in [1.807, 2.05) is 31.2 Å². The number of guanidine groups is 1. The predicted octanol–water partition coefficient (Wildman–Crippen LogP) is 1.63. The fraction of sp³-hybridized carbons (Fsp3) is 0.632. The van der Waals surface area contributed by atoms with Crippen molar-refractivity contribution >= 4 is 39.8 Å². The van der Waals surface area contributed by atoms with E-state index in [1.54, 1.807) is 0 Å². The highest BCUT2D eigenvalue weighted by atomic mass is 127. The van der Waals surface area contributed by atoms with Crippen LogP contribution in [0.2, 0.25) is 0 Å². The van der Waals surface area contributed by atoms with E-state index in [1.165, 1.54) is 6.26 Å². The molecule has 2 rings (SSSR count). The molecule has 0 atom stereocenters. The van der Waals surface area contributed by atoms with Crippen LogP contribution < -0.4 is 10.6 Å². The van der Waals surface area contributed by atoms with Crippen LogP contribution in [0.15, 0.2) is 29.3 Å². The Hall–Kier alpha value is -0.910. The number of halogens is 1. The summed E-state index contributed by atoms with van der Waals surface area (Å²) >= 11 is 0. The molecule has 9 heteroatoms. The summed E-state index contributed by atoms with van der Waals surface area (Å²) in [6.45, 7) is 9.05. The van der Waals surface area contributed by atoms with Crippen LogP contribution >= 0.6 is 24.0 Å². The zero-order chi connectivity index (χ0) is 19.5. The molecule has 7 nitrogen and oxygen atoms in total. The molecule has 1 fully saturated rings. The van der Waals surface area contributed by atoms with Gasteiger partial charge >= 0.3 is 0 Å². The number of hydrogen-bond acceptors (Lipinski definition) is 5. The Balaban J connectivity index is 0.00000392. The minimum Gasteiger partial charge on any atom is -0.379 e. The molecule has 160 valence electrons. The van der Waals surface area contributed by atoms with E-state index in [9.17, 15) is 8.42 Å². The second kappa shape index (κ2) is 13.3. The van der Waals surface area contributed by atoms with Gasteiger partial charge in [-0.2, -0.15) is 0 Å². The number of sulfone groups is 1. The zero-order valence-corrected chi connectivity index (χ0v) is 20.0. The summed E-state index contributed by atoms with van der Waals surface area (Å²) in [6, 6.07) is 7.58. The molecule has 0 saturated carbocycles. The normalized spacial score (nSPS) is 15.7. The third-order valence-corrected chi connectivity index (χ3v) is 5.12. The van der Waals surface area contributed by atoms with Crippen LogP contribution in [0, 0.1) is 0 Å². The van der Waals surface area contributed by atoms with Crippen molar-refractivity contribution in [3.05, 3.63) is 35.4 Å². The number of morpholine rings is 1. The Morgan fingerprint density at radius 3 is 2.39 bits per heavy atom. The quantitative estimate of drug-likeness (QED) is 0.221. The summed E-state index contributed by atoms with van der Waals surface area (Å²) in [4.78, 5) is 7.04. The van der Waals surface area contributed by atoms with Gasteiger partial charge in [-0.25, -0.2) is 13.4 Å². The first-order valence-corrected chi connectivity index (χ1v) is 11.6. The Kier molecular flexibility index (Phi) is 12.0. The highest BCUT2D eigenvalue weighted by molar-refractivity contribution is 14.0. The van der Waals surface area contributed by atoms with Gasteiger partial charge in [0, 0.05) is 32.4 Å².